The molecule has 0 aliphatic carbocycles. The number of thioether (sulfide) groups is 1. The van der Waals surface area contributed by atoms with Crippen LogP contribution in [-0.4, -0.2) is 17.1 Å². The molecule has 2 aliphatic heterocycles. The lowest BCUT2D eigenvalue weighted by Gasteiger charge is -2.48. The lowest BCUT2D eigenvalue weighted by atomic mass is 9.76. The zero-order valence-electron chi connectivity index (χ0n) is 11.1. The van der Waals surface area contributed by atoms with E-state index in [9.17, 15) is 0 Å². The third-order valence-corrected chi connectivity index (χ3v) is 5.61. The van der Waals surface area contributed by atoms with Gasteiger partial charge in [0.15, 0.2) is 0 Å². The van der Waals surface area contributed by atoms with Crippen molar-refractivity contribution in [3.63, 3.8) is 0 Å². The number of nitrogens with two attached hydrogens (primary N) is 1. The minimum atomic E-state index is -0.0554. The van der Waals surface area contributed by atoms with Crippen LogP contribution in [0.4, 0.5) is 0 Å². The average Bonchev–Trinajstić information content (AvgIpc) is 2.27. The number of benzene rings is 1. The Hall–Kier alpha value is -0.670. The monoisotopic (exact) mass is 263 g/mol. The molecule has 0 aromatic heterocycles. The van der Waals surface area contributed by atoms with E-state index in [4.69, 9.17) is 10.5 Å². The van der Waals surface area contributed by atoms with Crippen molar-refractivity contribution in [2.75, 3.05) is 11.5 Å². The summed E-state index contributed by atoms with van der Waals surface area (Å²) in [5, 5.41) is 0. The van der Waals surface area contributed by atoms with Crippen molar-refractivity contribution in [3.05, 3.63) is 29.8 Å². The first-order valence-electron chi connectivity index (χ1n) is 6.61. The van der Waals surface area contributed by atoms with Crippen LogP contribution in [0.5, 0.6) is 5.75 Å². The molecule has 0 amide bonds. The molecule has 2 nitrogen and oxygen atoms in total. The van der Waals surface area contributed by atoms with Crippen molar-refractivity contribution in [2.24, 2.45) is 11.1 Å². The molecule has 0 bridgehead atoms. The Labute approximate surface area is 113 Å². The minimum Gasteiger partial charge on any atom is -0.486 e. The molecule has 2 atom stereocenters. The van der Waals surface area contributed by atoms with Gasteiger partial charge in [0.05, 0.1) is 0 Å². The fourth-order valence-corrected chi connectivity index (χ4v) is 4.76. The molecule has 2 aliphatic rings. The molecular formula is C15H21NOS. The number of rotatable bonds is 0. The first-order chi connectivity index (χ1) is 8.50. The lowest BCUT2D eigenvalue weighted by molar-refractivity contribution is 0.0167. The van der Waals surface area contributed by atoms with Gasteiger partial charge in [-0.05, 0) is 23.7 Å². The Kier molecular flexibility index (Phi) is 2.87. The van der Waals surface area contributed by atoms with Crippen LogP contribution in [0.3, 0.4) is 0 Å². The van der Waals surface area contributed by atoms with Crippen LogP contribution >= 0.6 is 11.8 Å². The maximum absolute atomic E-state index is 6.37. The van der Waals surface area contributed by atoms with Gasteiger partial charge in [0.1, 0.15) is 11.4 Å². The van der Waals surface area contributed by atoms with E-state index >= 15 is 0 Å². The number of ether oxygens (including phenoxy) is 1. The highest BCUT2D eigenvalue weighted by atomic mass is 32.2. The molecule has 98 valence electrons. The fraction of sp³-hybridized carbons (Fsp3) is 0.600. The third-order valence-electron chi connectivity index (χ3n) is 3.90. The van der Waals surface area contributed by atoms with Crippen molar-refractivity contribution in [1.29, 1.82) is 0 Å². The first kappa shape index (κ1) is 12.4. The summed E-state index contributed by atoms with van der Waals surface area (Å²) in [6, 6.07) is 8.34. The van der Waals surface area contributed by atoms with Gasteiger partial charge in [0.25, 0.3) is 0 Å². The number of hydrogen-bond donors (Lipinski definition) is 1. The smallest absolute Gasteiger partial charge is 0.124 e. The Morgan fingerprint density at radius 2 is 2.06 bits per heavy atom. The fourth-order valence-electron chi connectivity index (χ4n) is 3.35. The van der Waals surface area contributed by atoms with Crippen LogP contribution in [0, 0.1) is 5.41 Å². The molecule has 1 saturated heterocycles. The second kappa shape index (κ2) is 4.17. The minimum absolute atomic E-state index is 0.0554. The van der Waals surface area contributed by atoms with Gasteiger partial charge in [0.2, 0.25) is 0 Å². The molecule has 18 heavy (non-hydrogen) atoms. The second-order valence-corrected chi connectivity index (χ2v) is 7.45. The summed E-state index contributed by atoms with van der Waals surface area (Å²) in [5.74, 6) is 3.28. The van der Waals surface area contributed by atoms with Crippen molar-refractivity contribution in [2.45, 2.75) is 38.3 Å². The highest BCUT2D eigenvalue weighted by Crippen LogP contribution is 2.48. The molecule has 1 fully saturated rings. The SMILES string of the molecule is CC1(C)CSCC2(CC(N)c3ccccc3O2)C1. The number of para-hydroxylation sites is 1. The van der Waals surface area contributed by atoms with E-state index < -0.39 is 0 Å². The molecule has 2 N–H and O–H groups in total. The summed E-state index contributed by atoms with van der Waals surface area (Å²) in [6.45, 7) is 4.66. The predicted octanol–water partition coefficient (Wildman–Crippen LogP) is 3.37. The van der Waals surface area contributed by atoms with Gasteiger partial charge in [-0.3, -0.25) is 0 Å². The zero-order chi connectivity index (χ0) is 12.8. The Morgan fingerprint density at radius 3 is 2.83 bits per heavy atom. The number of hydrogen-bond acceptors (Lipinski definition) is 3. The largest absolute Gasteiger partial charge is 0.486 e. The molecule has 0 radical (unpaired) electrons. The highest BCUT2D eigenvalue weighted by molar-refractivity contribution is 7.99. The van der Waals surface area contributed by atoms with Crippen LogP contribution < -0.4 is 10.5 Å². The predicted molar refractivity (Wildman–Crippen MR) is 77.1 cm³/mol. The van der Waals surface area contributed by atoms with Crippen molar-refractivity contribution >= 4 is 11.8 Å². The van der Waals surface area contributed by atoms with Crippen molar-refractivity contribution in [1.82, 2.24) is 0 Å². The second-order valence-electron chi connectivity index (χ2n) is 6.47. The molecular weight excluding hydrogens is 242 g/mol. The third kappa shape index (κ3) is 2.14. The van der Waals surface area contributed by atoms with Crippen LogP contribution in [0.15, 0.2) is 24.3 Å². The van der Waals surface area contributed by atoms with Crippen molar-refractivity contribution in [3.8, 4) is 5.75 Å². The molecule has 3 heteroatoms. The van der Waals surface area contributed by atoms with E-state index in [1.807, 2.05) is 23.9 Å². The van der Waals surface area contributed by atoms with Gasteiger partial charge in [-0.25, -0.2) is 0 Å². The molecule has 2 unspecified atom stereocenters. The average molecular weight is 263 g/mol. The van der Waals surface area contributed by atoms with Crippen LogP contribution in [0.25, 0.3) is 0 Å². The van der Waals surface area contributed by atoms with Gasteiger partial charge in [0, 0.05) is 23.8 Å². The van der Waals surface area contributed by atoms with Crippen LogP contribution in [-0.2, 0) is 0 Å². The molecule has 1 aromatic carbocycles. The Bertz CT molecular complexity index is 460. The normalized spacial score (nSPS) is 33.8. The van der Waals surface area contributed by atoms with E-state index in [0.29, 0.717) is 5.41 Å². The maximum atomic E-state index is 6.37. The van der Waals surface area contributed by atoms with Gasteiger partial charge in [-0.2, -0.15) is 11.8 Å². The summed E-state index contributed by atoms with van der Waals surface area (Å²) < 4.78 is 6.37. The van der Waals surface area contributed by atoms with Crippen LogP contribution in [0.1, 0.15) is 38.3 Å². The molecule has 1 spiro atoms. The van der Waals surface area contributed by atoms with E-state index in [0.717, 1.165) is 29.9 Å². The van der Waals surface area contributed by atoms with Crippen LogP contribution in [0.2, 0.25) is 0 Å². The van der Waals surface area contributed by atoms with Crippen molar-refractivity contribution < 1.29 is 4.74 Å². The highest BCUT2D eigenvalue weighted by Gasteiger charge is 2.46. The topological polar surface area (TPSA) is 35.2 Å². The van der Waals surface area contributed by atoms with Gasteiger partial charge in [-0.1, -0.05) is 32.0 Å². The standard InChI is InChI=1S/C15H21NOS/c1-14(2)8-15(10-18-9-14)7-12(16)11-5-3-4-6-13(11)17-15/h3-6,12H,7-10,16H2,1-2H3. The van der Waals surface area contributed by atoms with E-state index in [2.05, 4.69) is 26.0 Å². The summed E-state index contributed by atoms with van der Waals surface area (Å²) in [5.41, 5.74) is 7.80. The summed E-state index contributed by atoms with van der Waals surface area (Å²) in [6.07, 6.45) is 2.05. The van der Waals surface area contributed by atoms with E-state index in [1.54, 1.807) is 0 Å². The molecule has 1 aromatic rings. The van der Waals surface area contributed by atoms with E-state index in [-0.39, 0.29) is 11.6 Å². The van der Waals surface area contributed by atoms with Gasteiger partial charge in [-0.15, -0.1) is 0 Å². The van der Waals surface area contributed by atoms with E-state index in [1.165, 1.54) is 5.75 Å². The lowest BCUT2D eigenvalue weighted by Crippen LogP contribution is -2.51. The Balaban J connectivity index is 1.93. The quantitative estimate of drug-likeness (QED) is 0.779. The summed E-state index contributed by atoms with van der Waals surface area (Å²) >= 11 is 2.00. The van der Waals surface area contributed by atoms with Gasteiger partial charge >= 0.3 is 0 Å². The number of fused-ring (bicyclic) bond motifs is 1. The Morgan fingerprint density at radius 1 is 1.28 bits per heavy atom. The summed E-state index contributed by atoms with van der Waals surface area (Å²) in [7, 11) is 0. The molecule has 3 rings (SSSR count). The van der Waals surface area contributed by atoms with Gasteiger partial charge < -0.3 is 10.5 Å². The molecule has 0 saturated carbocycles. The first-order valence-corrected chi connectivity index (χ1v) is 7.77. The maximum Gasteiger partial charge on any atom is 0.124 e. The summed E-state index contributed by atoms with van der Waals surface area (Å²) in [4.78, 5) is 0. The zero-order valence-corrected chi connectivity index (χ0v) is 11.9. The molecule has 2 heterocycles.